The lowest BCUT2D eigenvalue weighted by molar-refractivity contribution is 0.0162. The molecule has 5 nitrogen and oxygen atoms in total. The van der Waals surface area contributed by atoms with Gasteiger partial charge in [0.2, 0.25) is 0 Å². The monoisotopic (exact) mass is 292 g/mol. The first-order chi connectivity index (χ1) is 9.97. The molecule has 2 rings (SSSR count). The lowest BCUT2D eigenvalue weighted by atomic mass is 10.00. The van der Waals surface area contributed by atoms with Crippen molar-refractivity contribution in [3.8, 4) is 5.75 Å². The molecule has 1 saturated heterocycles. The van der Waals surface area contributed by atoms with Crippen LogP contribution in [0.15, 0.2) is 12.1 Å². The van der Waals surface area contributed by atoms with E-state index < -0.39 is 0 Å². The number of ether oxygens (including phenoxy) is 2. The molecule has 0 radical (unpaired) electrons. The Morgan fingerprint density at radius 2 is 1.90 bits per heavy atom. The van der Waals surface area contributed by atoms with E-state index in [1.807, 2.05) is 30.9 Å². The quantitative estimate of drug-likeness (QED) is 0.917. The van der Waals surface area contributed by atoms with E-state index in [1.54, 1.807) is 14.2 Å². The number of hydrogen-bond acceptors (Lipinski definition) is 4. The summed E-state index contributed by atoms with van der Waals surface area (Å²) in [6.07, 6.45) is 0.668. The maximum absolute atomic E-state index is 12.7. The largest absolute Gasteiger partial charge is 0.496 e. The Bertz CT molecular complexity index is 507. The van der Waals surface area contributed by atoms with Crippen molar-refractivity contribution in [2.45, 2.75) is 32.4 Å². The first kappa shape index (κ1) is 15.8. The number of hydrogen-bond donors (Lipinski definition) is 1. The summed E-state index contributed by atoms with van der Waals surface area (Å²) in [5.41, 5.74) is 8.63. The number of rotatable bonds is 3. The van der Waals surface area contributed by atoms with Crippen LogP contribution in [0.2, 0.25) is 0 Å². The van der Waals surface area contributed by atoms with Gasteiger partial charge in [0, 0.05) is 31.8 Å². The van der Waals surface area contributed by atoms with E-state index in [-0.39, 0.29) is 18.1 Å². The maximum atomic E-state index is 12.7. The fourth-order valence-corrected chi connectivity index (χ4v) is 2.95. The minimum absolute atomic E-state index is 0.00149. The highest BCUT2D eigenvalue weighted by molar-refractivity contribution is 5.95. The number of aryl methyl sites for hydroxylation is 2. The van der Waals surface area contributed by atoms with Crippen LogP contribution < -0.4 is 10.5 Å². The van der Waals surface area contributed by atoms with Crippen LogP contribution in [0.1, 0.15) is 27.9 Å². The predicted octanol–water partition coefficient (Wildman–Crippen LogP) is 1.50. The molecule has 0 aliphatic carbocycles. The van der Waals surface area contributed by atoms with Gasteiger partial charge in [-0.05, 0) is 43.5 Å². The van der Waals surface area contributed by atoms with Crippen molar-refractivity contribution >= 4 is 5.91 Å². The van der Waals surface area contributed by atoms with Crippen molar-refractivity contribution in [2.75, 3.05) is 27.3 Å². The molecule has 1 heterocycles. The average Bonchev–Trinajstić information content (AvgIpc) is 2.46. The van der Waals surface area contributed by atoms with Crippen molar-refractivity contribution in [3.63, 3.8) is 0 Å². The summed E-state index contributed by atoms with van der Waals surface area (Å²) in [6.45, 7) is 5.12. The number of methoxy groups -OCH3 is 2. The molecule has 2 atom stereocenters. The molecule has 21 heavy (non-hydrogen) atoms. The van der Waals surface area contributed by atoms with E-state index in [0.29, 0.717) is 18.7 Å². The minimum Gasteiger partial charge on any atom is -0.496 e. The minimum atomic E-state index is -0.0943. The third-order valence-electron chi connectivity index (χ3n) is 4.11. The summed E-state index contributed by atoms with van der Waals surface area (Å²) in [7, 11) is 3.28. The highest BCUT2D eigenvalue weighted by atomic mass is 16.5. The zero-order valence-corrected chi connectivity index (χ0v) is 13.2. The van der Waals surface area contributed by atoms with Gasteiger partial charge >= 0.3 is 0 Å². The molecule has 0 bridgehead atoms. The second kappa shape index (κ2) is 6.45. The van der Waals surface area contributed by atoms with Gasteiger partial charge in [0.15, 0.2) is 0 Å². The Balaban J connectivity index is 2.20. The van der Waals surface area contributed by atoms with Gasteiger partial charge in [-0.15, -0.1) is 0 Å². The molecule has 0 unspecified atom stereocenters. The first-order valence-electron chi connectivity index (χ1n) is 7.20. The molecule has 116 valence electrons. The van der Waals surface area contributed by atoms with Crippen molar-refractivity contribution in [3.05, 3.63) is 28.8 Å². The number of carbonyl (C=O) groups excluding carboxylic acids is 1. The lowest BCUT2D eigenvalue weighted by Crippen LogP contribution is -2.53. The van der Waals surface area contributed by atoms with Crippen molar-refractivity contribution in [2.24, 2.45) is 5.73 Å². The van der Waals surface area contributed by atoms with Gasteiger partial charge in [-0.3, -0.25) is 4.79 Å². The zero-order chi connectivity index (χ0) is 15.6. The highest BCUT2D eigenvalue weighted by Gasteiger charge is 2.30. The first-order valence-corrected chi connectivity index (χ1v) is 7.20. The van der Waals surface area contributed by atoms with E-state index in [2.05, 4.69) is 0 Å². The van der Waals surface area contributed by atoms with Crippen LogP contribution >= 0.6 is 0 Å². The fraction of sp³-hybridized carbons (Fsp3) is 0.562. The van der Waals surface area contributed by atoms with Gasteiger partial charge in [-0.2, -0.15) is 0 Å². The molecular weight excluding hydrogens is 268 g/mol. The summed E-state index contributed by atoms with van der Waals surface area (Å²) >= 11 is 0. The van der Waals surface area contributed by atoms with E-state index in [9.17, 15) is 4.79 Å². The summed E-state index contributed by atoms with van der Waals surface area (Å²) in [5.74, 6) is 0.861. The number of likely N-dealkylation sites (tertiary alicyclic amines) is 1. The van der Waals surface area contributed by atoms with Gasteiger partial charge in [0.1, 0.15) is 5.75 Å². The number of carbonyl (C=O) groups is 1. The third kappa shape index (κ3) is 3.19. The summed E-state index contributed by atoms with van der Waals surface area (Å²) in [4.78, 5) is 14.5. The molecule has 1 amide bonds. The summed E-state index contributed by atoms with van der Waals surface area (Å²) in [6, 6.07) is 3.76. The number of nitrogens with zero attached hydrogens (tertiary/aromatic N) is 1. The van der Waals surface area contributed by atoms with Crippen LogP contribution in [0.25, 0.3) is 0 Å². The van der Waals surface area contributed by atoms with Crippen LogP contribution in [0.4, 0.5) is 0 Å². The summed E-state index contributed by atoms with van der Waals surface area (Å²) in [5, 5.41) is 0. The Morgan fingerprint density at radius 1 is 1.29 bits per heavy atom. The standard InChI is InChI=1S/C16H24N2O3/c1-10-7-12(8-11(2)15(10)21-4)16(19)18-6-5-13(17)14(9-18)20-3/h7-8,13-14H,5-6,9,17H2,1-4H3/t13-,14+/m0/s1. The van der Waals surface area contributed by atoms with Crippen molar-refractivity contribution in [1.29, 1.82) is 0 Å². The molecule has 1 aliphatic rings. The smallest absolute Gasteiger partial charge is 0.253 e. The Hall–Kier alpha value is -1.59. The number of piperidine rings is 1. The Kier molecular flexibility index (Phi) is 4.85. The molecule has 0 saturated carbocycles. The SMILES string of the molecule is COc1c(C)cc(C(=O)N2CC[C@H](N)[C@H](OC)C2)cc1C. The molecule has 1 aliphatic heterocycles. The van der Waals surface area contributed by atoms with Crippen molar-refractivity contribution in [1.82, 2.24) is 4.90 Å². The lowest BCUT2D eigenvalue weighted by Gasteiger charge is -2.36. The third-order valence-corrected chi connectivity index (χ3v) is 4.11. The van der Waals surface area contributed by atoms with E-state index in [4.69, 9.17) is 15.2 Å². The predicted molar refractivity (Wildman–Crippen MR) is 81.8 cm³/mol. The van der Waals surface area contributed by atoms with Crippen LogP contribution in [0, 0.1) is 13.8 Å². The second-order valence-corrected chi connectivity index (χ2v) is 5.62. The van der Waals surface area contributed by atoms with Gasteiger partial charge < -0.3 is 20.1 Å². The zero-order valence-electron chi connectivity index (χ0n) is 13.2. The van der Waals surface area contributed by atoms with Gasteiger partial charge in [-0.1, -0.05) is 0 Å². The van der Waals surface area contributed by atoms with Gasteiger partial charge in [-0.25, -0.2) is 0 Å². The molecule has 0 aromatic heterocycles. The molecule has 5 heteroatoms. The summed E-state index contributed by atoms with van der Waals surface area (Å²) < 4.78 is 10.7. The van der Waals surface area contributed by atoms with E-state index >= 15 is 0 Å². The molecule has 2 N–H and O–H groups in total. The van der Waals surface area contributed by atoms with Crippen molar-refractivity contribution < 1.29 is 14.3 Å². The average molecular weight is 292 g/mol. The van der Waals surface area contributed by atoms with Crippen LogP contribution in [-0.2, 0) is 4.74 Å². The molecule has 1 aromatic carbocycles. The maximum Gasteiger partial charge on any atom is 0.253 e. The van der Waals surface area contributed by atoms with E-state index in [0.717, 1.165) is 23.3 Å². The number of nitrogens with two attached hydrogens (primary N) is 1. The topological polar surface area (TPSA) is 64.8 Å². The van der Waals surface area contributed by atoms with Gasteiger partial charge in [0.25, 0.3) is 5.91 Å². The second-order valence-electron chi connectivity index (χ2n) is 5.62. The molecule has 1 aromatic rings. The highest BCUT2D eigenvalue weighted by Crippen LogP contribution is 2.25. The van der Waals surface area contributed by atoms with Crippen LogP contribution in [-0.4, -0.2) is 50.3 Å². The number of benzene rings is 1. The molecule has 0 spiro atoms. The van der Waals surface area contributed by atoms with Crippen LogP contribution in [0.5, 0.6) is 5.75 Å². The van der Waals surface area contributed by atoms with Gasteiger partial charge in [0.05, 0.1) is 13.2 Å². The van der Waals surface area contributed by atoms with Crippen LogP contribution in [0.3, 0.4) is 0 Å². The normalized spacial score (nSPS) is 22.2. The Morgan fingerprint density at radius 3 is 2.43 bits per heavy atom. The van der Waals surface area contributed by atoms with E-state index in [1.165, 1.54) is 0 Å². The fourth-order valence-electron chi connectivity index (χ4n) is 2.95. The molecular formula is C16H24N2O3. The Labute approximate surface area is 126 Å². The molecule has 1 fully saturated rings. The number of amides is 1.